The fourth-order valence-electron chi connectivity index (χ4n) is 2.54. The van der Waals surface area contributed by atoms with Gasteiger partial charge in [0, 0.05) is 38.5 Å². The summed E-state index contributed by atoms with van der Waals surface area (Å²) in [6.07, 6.45) is 1.66. The van der Waals surface area contributed by atoms with Crippen molar-refractivity contribution in [1.29, 1.82) is 0 Å². The van der Waals surface area contributed by atoms with E-state index < -0.39 is 5.82 Å². The van der Waals surface area contributed by atoms with Crippen molar-refractivity contribution in [2.24, 2.45) is 0 Å². The number of pyridine rings is 1. The number of halogens is 1. The van der Waals surface area contributed by atoms with Gasteiger partial charge in [-0.25, -0.2) is 9.37 Å². The Kier molecular flexibility index (Phi) is 3.66. The first-order chi connectivity index (χ1) is 10.6. The molecule has 0 saturated carbocycles. The number of rotatable bonds is 2. The molecule has 1 amide bonds. The van der Waals surface area contributed by atoms with Gasteiger partial charge in [0.2, 0.25) is 0 Å². The first-order valence-corrected chi connectivity index (χ1v) is 6.93. The Morgan fingerprint density at radius 3 is 2.86 bits per heavy atom. The molecule has 0 radical (unpaired) electrons. The van der Waals surface area contributed by atoms with Gasteiger partial charge in [0.1, 0.15) is 17.4 Å². The number of nitrogens with zero attached hydrogens (tertiary/aromatic N) is 3. The van der Waals surface area contributed by atoms with Gasteiger partial charge in [-0.2, -0.15) is 0 Å². The second-order valence-electron chi connectivity index (χ2n) is 5.10. The van der Waals surface area contributed by atoms with E-state index in [1.165, 1.54) is 19.2 Å². The summed E-state index contributed by atoms with van der Waals surface area (Å²) in [4.78, 5) is 20.5. The number of likely N-dealkylation sites (N-methyl/N-ethyl adjacent to an activating group) is 1. The van der Waals surface area contributed by atoms with Gasteiger partial charge in [-0.15, -0.1) is 0 Å². The summed E-state index contributed by atoms with van der Waals surface area (Å²) in [5.41, 5.74) is 0.984. The molecule has 0 atom stereocenters. The second-order valence-corrected chi connectivity index (χ2v) is 5.10. The minimum Gasteiger partial charge on any atom is -0.497 e. The summed E-state index contributed by atoms with van der Waals surface area (Å²) in [5.74, 6) is 0.386. The Bertz CT molecular complexity index is 720. The average molecular weight is 301 g/mol. The SMILES string of the molecule is COc1cc(F)cc(N2CCN(C)c3ncccc3C2=O)c1. The van der Waals surface area contributed by atoms with Crippen LogP contribution in [0.2, 0.25) is 0 Å². The van der Waals surface area contributed by atoms with E-state index in [4.69, 9.17) is 4.74 Å². The molecule has 2 heterocycles. The number of methoxy groups -OCH3 is 1. The van der Waals surface area contributed by atoms with Crippen LogP contribution in [0, 0.1) is 5.82 Å². The molecule has 0 N–H and O–H groups in total. The number of ether oxygens (including phenoxy) is 1. The normalized spacial score (nSPS) is 14.6. The van der Waals surface area contributed by atoms with Crippen molar-refractivity contribution >= 4 is 17.4 Å². The van der Waals surface area contributed by atoms with Crippen LogP contribution in [0.25, 0.3) is 0 Å². The van der Waals surface area contributed by atoms with Gasteiger partial charge >= 0.3 is 0 Å². The summed E-state index contributed by atoms with van der Waals surface area (Å²) in [7, 11) is 3.35. The zero-order valence-corrected chi connectivity index (χ0v) is 12.4. The number of hydrogen-bond donors (Lipinski definition) is 0. The molecule has 0 bridgehead atoms. The monoisotopic (exact) mass is 301 g/mol. The van der Waals surface area contributed by atoms with Crippen LogP contribution in [0.3, 0.4) is 0 Å². The highest BCUT2D eigenvalue weighted by Gasteiger charge is 2.27. The average Bonchev–Trinajstić information content (AvgIpc) is 2.65. The van der Waals surface area contributed by atoms with Crippen LogP contribution >= 0.6 is 0 Å². The Hall–Kier alpha value is -2.63. The highest BCUT2D eigenvalue weighted by molar-refractivity contribution is 6.09. The maximum absolute atomic E-state index is 13.7. The maximum atomic E-state index is 13.7. The number of benzene rings is 1. The molecule has 0 fully saturated rings. The van der Waals surface area contributed by atoms with Crippen molar-refractivity contribution in [2.45, 2.75) is 0 Å². The lowest BCUT2D eigenvalue weighted by molar-refractivity contribution is 0.0990. The summed E-state index contributed by atoms with van der Waals surface area (Å²) in [6.45, 7) is 1.05. The number of aromatic nitrogens is 1. The van der Waals surface area contributed by atoms with E-state index in [1.807, 2.05) is 11.9 Å². The molecule has 0 saturated heterocycles. The number of carbonyl (C=O) groups is 1. The van der Waals surface area contributed by atoms with Crippen molar-refractivity contribution in [2.75, 3.05) is 37.0 Å². The van der Waals surface area contributed by atoms with Crippen molar-refractivity contribution in [3.8, 4) is 5.75 Å². The molecule has 5 nitrogen and oxygen atoms in total. The summed E-state index contributed by atoms with van der Waals surface area (Å²) in [5, 5.41) is 0. The van der Waals surface area contributed by atoms with Crippen molar-refractivity contribution in [3.05, 3.63) is 47.9 Å². The van der Waals surface area contributed by atoms with Gasteiger partial charge < -0.3 is 14.5 Å². The molecule has 1 aliphatic rings. The van der Waals surface area contributed by atoms with Crippen LogP contribution in [0.5, 0.6) is 5.75 Å². The minimum absolute atomic E-state index is 0.194. The van der Waals surface area contributed by atoms with Gasteiger partial charge in [-0.1, -0.05) is 0 Å². The smallest absolute Gasteiger partial charge is 0.262 e. The fraction of sp³-hybridized carbons (Fsp3) is 0.250. The van der Waals surface area contributed by atoms with Gasteiger partial charge in [0.05, 0.1) is 18.4 Å². The predicted molar refractivity (Wildman–Crippen MR) is 82.1 cm³/mol. The van der Waals surface area contributed by atoms with Crippen LogP contribution in [-0.2, 0) is 0 Å². The van der Waals surface area contributed by atoms with Crippen LogP contribution < -0.4 is 14.5 Å². The van der Waals surface area contributed by atoms with Crippen molar-refractivity contribution in [3.63, 3.8) is 0 Å². The van der Waals surface area contributed by atoms with E-state index in [9.17, 15) is 9.18 Å². The minimum atomic E-state index is -0.439. The molecule has 1 aliphatic heterocycles. The van der Waals surface area contributed by atoms with Gasteiger partial charge in [0.15, 0.2) is 0 Å². The molecule has 0 spiro atoms. The molecule has 114 valence electrons. The lowest BCUT2D eigenvalue weighted by atomic mass is 10.2. The van der Waals surface area contributed by atoms with E-state index in [0.717, 1.165) is 0 Å². The Morgan fingerprint density at radius 2 is 2.09 bits per heavy atom. The van der Waals surface area contributed by atoms with Gasteiger partial charge in [0.25, 0.3) is 5.91 Å². The van der Waals surface area contributed by atoms with Gasteiger partial charge in [-0.3, -0.25) is 4.79 Å². The number of fused-ring (bicyclic) bond motifs is 1. The molecule has 22 heavy (non-hydrogen) atoms. The molecule has 2 aromatic rings. The number of carbonyl (C=O) groups excluding carboxylic acids is 1. The highest BCUT2D eigenvalue weighted by atomic mass is 19.1. The van der Waals surface area contributed by atoms with E-state index in [1.54, 1.807) is 29.3 Å². The summed E-state index contributed by atoms with van der Waals surface area (Å²) in [6, 6.07) is 7.73. The van der Waals surface area contributed by atoms with E-state index in [-0.39, 0.29) is 5.91 Å². The first kappa shape index (κ1) is 14.3. The topological polar surface area (TPSA) is 45.7 Å². The molecular formula is C16H16FN3O2. The second kappa shape index (κ2) is 5.63. The van der Waals surface area contributed by atoms with Crippen molar-refractivity contribution in [1.82, 2.24) is 4.98 Å². The molecule has 1 aromatic carbocycles. The van der Waals surface area contributed by atoms with E-state index in [2.05, 4.69) is 4.98 Å². The quantitative estimate of drug-likeness (QED) is 0.854. The number of anilines is 2. The molecular weight excluding hydrogens is 285 g/mol. The lowest BCUT2D eigenvalue weighted by Crippen LogP contribution is -2.33. The van der Waals surface area contributed by atoms with E-state index >= 15 is 0 Å². The van der Waals surface area contributed by atoms with Gasteiger partial charge in [-0.05, 0) is 18.2 Å². The fourth-order valence-corrected chi connectivity index (χ4v) is 2.54. The molecule has 1 aromatic heterocycles. The standard InChI is InChI=1S/C16H16FN3O2/c1-19-6-7-20(12-8-11(17)9-13(10-12)22-2)16(21)14-4-3-5-18-15(14)19/h3-5,8-10H,6-7H2,1-2H3. The maximum Gasteiger partial charge on any atom is 0.262 e. The van der Waals surface area contributed by atoms with E-state index in [0.29, 0.717) is 35.9 Å². The van der Waals surface area contributed by atoms with Crippen LogP contribution in [0.1, 0.15) is 10.4 Å². The van der Waals surface area contributed by atoms with Crippen molar-refractivity contribution < 1.29 is 13.9 Å². The number of amides is 1. The third kappa shape index (κ3) is 2.47. The first-order valence-electron chi connectivity index (χ1n) is 6.93. The molecule has 6 heteroatoms. The predicted octanol–water partition coefficient (Wildman–Crippen LogP) is 2.33. The Balaban J connectivity index is 2.06. The third-order valence-corrected chi connectivity index (χ3v) is 3.69. The molecule has 0 unspecified atom stereocenters. The Labute approximate surface area is 127 Å². The molecule has 0 aliphatic carbocycles. The lowest BCUT2D eigenvalue weighted by Gasteiger charge is -2.21. The summed E-state index contributed by atoms with van der Waals surface area (Å²) < 4.78 is 18.8. The van der Waals surface area contributed by atoms with Crippen LogP contribution in [-0.4, -0.2) is 38.1 Å². The highest BCUT2D eigenvalue weighted by Crippen LogP contribution is 2.28. The third-order valence-electron chi connectivity index (χ3n) is 3.69. The number of hydrogen-bond acceptors (Lipinski definition) is 4. The van der Waals surface area contributed by atoms with Crippen LogP contribution in [0.15, 0.2) is 36.5 Å². The summed E-state index contributed by atoms with van der Waals surface area (Å²) >= 11 is 0. The molecule has 3 rings (SSSR count). The largest absolute Gasteiger partial charge is 0.497 e. The Morgan fingerprint density at radius 1 is 1.27 bits per heavy atom. The van der Waals surface area contributed by atoms with Crippen LogP contribution in [0.4, 0.5) is 15.9 Å². The zero-order valence-electron chi connectivity index (χ0n) is 12.4. The zero-order chi connectivity index (χ0) is 15.7.